The molecule has 0 saturated heterocycles. The monoisotopic (exact) mass is 217 g/mol. The van der Waals surface area contributed by atoms with Crippen LogP contribution in [0.3, 0.4) is 0 Å². The van der Waals surface area contributed by atoms with Crippen molar-refractivity contribution < 1.29 is 5.11 Å². The average Bonchev–Trinajstić information content (AvgIpc) is 2.47. The van der Waals surface area contributed by atoms with Crippen LogP contribution >= 0.6 is 11.6 Å². The highest BCUT2D eigenvalue weighted by Gasteiger charge is 2.29. The summed E-state index contributed by atoms with van der Waals surface area (Å²) in [6.07, 6.45) is 1.56. The Hall–Kier alpha value is -0.580. The molecular formula is C9H16ClN3O. The first-order valence-electron chi connectivity index (χ1n) is 4.61. The lowest BCUT2D eigenvalue weighted by atomic mass is 10.0. The first-order valence-corrected chi connectivity index (χ1v) is 4.99. The molecule has 2 N–H and O–H groups in total. The van der Waals surface area contributed by atoms with Gasteiger partial charge >= 0.3 is 0 Å². The number of halogens is 1. The number of nitrogens with one attached hydrogen (secondary N) is 1. The fourth-order valence-electron chi connectivity index (χ4n) is 1.57. The van der Waals surface area contributed by atoms with Crippen LogP contribution in [0.4, 0.5) is 0 Å². The van der Waals surface area contributed by atoms with Crippen LogP contribution in [0.5, 0.6) is 0 Å². The molecule has 1 atom stereocenters. The number of hydrogen-bond donors (Lipinski definition) is 2. The summed E-state index contributed by atoms with van der Waals surface area (Å²) in [6, 6.07) is 0. The Bertz CT molecular complexity index is 309. The Labute approximate surface area is 88.9 Å². The molecule has 1 unspecified atom stereocenters. The third kappa shape index (κ3) is 2.08. The first kappa shape index (κ1) is 11.5. The lowest BCUT2D eigenvalue weighted by Gasteiger charge is -2.24. The van der Waals surface area contributed by atoms with Crippen molar-refractivity contribution in [2.24, 2.45) is 0 Å². The predicted molar refractivity (Wildman–Crippen MR) is 56.4 cm³/mol. The van der Waals surface area contributed by atoms with Crippen molar-refractivity contribution in [2.45, 2.75) is 26.0 Å². The van der Waals surface area contributed by atoms with E-state index in [1.807, 2.05) is 6.92 Å². The van der Waals surface area contributed by atoms with Crippen molar-refractivity contribution in [1.29, 1.82) is 0 Å². The van der Waals surface area contributed by atoms with Gasteiger partial charge in [0.05, 0.1) is 16.9 Å². The van der Waals surface area contributed by atoms with Crippen LogP contribution in [0.15, 0.2) is 6.20 Å². The average molecular weight is 218 g/mol. The quantitative estimate of drug-likeness (QED) is 0.791. The van der Waals surface area contributed by atoms with Gasteiger partial charge in [0.1, 0.15) is 5.60 Å². The molecule has 1 heterocycles. The molecule has 5 heteroatoms. The Morgan fingerprint density at radius 1 is 1.71 bits per heavy atom. The standard InChI is InChI=1S/C9H16ClN3O/c1-4-13-8(7(10)5-12-13)9(2,14)6-11-3/h5,11,14H,4,6H2,1-3H3. The van der Waals surface area contributed by atoms with E-state index in [-0.39, 0.29) is 0 Å². The smallest absolute Gasteiger partial charge is 0.117 e. The Balaban J connectivity index is 3.08. The summed E-state index contributed by atoms with van der Waals surface area (Å²) in [4.78, 5) is 0. The summed E-state index contributed by atoms with van der Waals surface area (Å²) in [6.45, 7) is 4.82. The molecule has 0 aliphatic carbocycles. The third-order valence-corrected chi connectivity index (χ3v) is 2.40. The van der Waals surface area contributed by atoms with Gasteiger partial charge in [0, 0.05) is 13.1 Å². The van der Waals surface area contributed by atoms with E-state index >= 15 is 0 Å². The van der Waals surface area contributed by atoms with E-state index < -0.39 is 5.60 Å². The second kappa shape index (κ2) is 4.29. The van der Waals surface area contributed by atoms with E-state index in [2.05, 4.69) is 10.4 Å². The number of aromatic nitrogens is 2. The van der Waals surface area contributed by atoms with Gasteiger partial charge in [-0.3, -0.25) is 4.68 Å². The molecule has 0 fully saturated rings. The minimum absolute atomic E-state index is 0.443. The highest BCUT2D eigenvalue weighted by Crippen LogP contribution is 2.27. The minimum atomic E-state index is -0.988. The second-order valence-corrected chi connectivity index (χ2v) is 3.87. The number of nitrogens with zero attached hydrogens (tertiary/aromatic N) is 2. The lowest BCUT2D eigenvalue weighted by molar-refractivity contribution is 0.0498. The highest BCUT2D eigenvalue weighted by molar-refractivity contribution is 6.31. The lowest BCUT2D eigenvalue weighted by Crippen LogP contribution is -2.36. The molecule has 80 valence electrons. The molecule has 0 aliphatic heterocycles. The normalized spacial score (nSPS) is 15.5. The largest absolute Gasteiger partial charge is 0.382 e. The van der Waals surface area contributed by atoms with Crippen molar-refractivity contribution in [3.05, 3.63) is 16.9 Å². The van der Waals surface area contributed by atoms with E-state index in [0.29, 0.717) is 23.8 Å². The van der Waals surface area contributed by atoms with Crippen LogP contribution in [-0.2, 0) is 12.1 Å². The van der Waals surface area contributed by atoms with Crippen LogP contribution < -0.4 is 5.32 Å². The Kier molecular flexibility index (Phi) is 3.53. The van der Waals surface area contributed by atoms with Gasteiger partial charge in [-0.05, 0) is 20.9 Å². The summed E-state index contributed by atoms with van der Waals surface area (Å²) in [5, 5.41) is 17.7. The number of rotatable bonds is 4. The van der Waals surface area contributed by atoms with Crippen molar-refractivity contribution in [2.75, 3.05) is 13.6 Å². The molecule has 0 bridgehead atoms. The Morgan fingerprint density at radius 3 is 2.86 bits per heavy atom. The molecular weight excluding hydrogens is 202 g/mol. The number of aryl methyl sites for hydroxylation is 1. The van der Waals surface area contributed by atoms with Gasteiger partial charge in [0.15, 0.2) is 0 Å². The van der Waals surface area contributed by atoms with Crippen LogP contribution in [0.2, 0.25) is 5.02 Å². The van der Waals surface area contributed by atoms with Crippen LogP contribution in [0.1, 0.15) is 19.5 Å². The van der Waals surface area contributed by atoms with Gasteiger partial charge < -0.3 is 10.4 Å². The molecule has 4 nitrogen and oxygen atoms in total. The summed E-state index contributed by atoms with van der Waals surface area (Å²) in [7, 11) is 1.79. The van der Waals surface area contributed by atoms with E-state index in [9.17, 15) is 5.11 Å². The van der Waals surface area contributed by atoms with Crippen LogP contribution in [-0.4, -0.2) is 28.5 Å². The summed E-state index contributed by atoms with van der Waals surface area (Å²) in [5.74, 6) is 0. The summed E-state index contributed by atoms with van der Waals surface area (Å²) < 4.78 is 1.71. The summed E-state index contributed by atoms with van der Waals surface area (Å²) >= 11 is 5.97. The van der Waals surface area contributed by atoms with Crippen molar-refractivity contribution >= 4 is 11.6 Å². The molecule has 0 saturated carbocycles. The zero-order valence-corrected chi connectivity index (χ0v) is 9.47. The van der Waals surface area contributed by atoms with E-state index in [0.717, 1.165) is 0 Å². The maximum atomic E-state index is 10.2. The number of hydrogen-bond acceptors (Lipinski definition) is 3. The van der Waals surface area contributed by atoms with Crippen molar-refractivity contribution in [1.82, 2.24) is 15.1 Å². The maximum absolute atomic E-state index is 10.2. The molecule has 0 spiro atoms. The molecule has 0 amide bonds. The van der Waals surface area contributed by atoms with E-state index in [1.165, 1.54) is 0 Å². The van der Waals surface area contributed by atoms with Crippen LogP contribution in [0.25, 0.3) is 0 Å². The molecule has 0 radical (unpaired) electrons. The predicted octanol–water partition coefficient (Wildman–Crippen LogP) is 0.983. The van der Waals surface area contributed by atoms with Crippen molar-refractivity contribution in [3.8, 4) is 0 Å². The van der Waals surface area contributed by atoms with Gasteiger partial charge in [0.25, 0.3) is 0 Å². The fourth-order valence-corrected chi connectivity index (χ4v) is 1.91. The molecule has 1 aromatic rings. The Morgan fingerprint density at radius 2 is 2.36 bits per heavy atom. The number of aliphatic hydroxyl groups is 1. The summed E-state index contributed by atoms with van der Waals surface area (Å²) in [5.41, 5.74) is -0.325. The zero-order valence-electron chi connectivity index (χ0n) is 8.71. The SMILES string of the molecule is CCn1ncc(Cl)c1C(C)(O)CNC. The second-order valence-electron chi connectivity index (χ2n) is 3.46. The third-order valence-electron chi connectivity index (χ3n) is 2.13. The van der Waals surface area contributed by atoms with E-state index in [1.54, 1.807) is 24.9 Å². The van der Waals surface area contributed by atoms with Crippen LogP contribution in [0, 0.1) is 0 Å². The zero-order chi connectivity index (χ0) is 10.8. The topological polar surface area (TPSA) is 50.1 Å². The van der Waals surface area contributed by atoms with Gasteiger partial charge in [0.2, 0.25) is 0 Å². The minimum Gasteiger partial charge on any atom is -0.382 e. The number of likely N-dealkylation sites (N-methyl/N-ethyl adjacent to an activating group) is 1. The van der Waals surface area contributed by atoms with Gasteiger partial charge in [-0.1, -0.05) is 11.6 Å². The molecule has 0 aromatic carbocycles. The van der Waals surface area contributed by atoms with Gasteiger partial charge in [-0.2, -0.15) is 5.10 Å². The first-order chi connectivity index (χ1) is 6.53. The molecule has 1 rings (SSSR count). The molecule has 14 heavy (non-hydrogen) atoms. The van der Waals surface area contributed by atoms with Crippen molar-refractivity contribution in [3.63, 3.8) is 0 Å². The van der Waals surface area contributed by atoms with Gasteiger partial charge in [-0.25, -0.2) is 0 Å². The fraction of sp³-hybridized carbons (Fsp3) is 0.667. The van der Waals surface area contributed by atoms with Gasteiger partial charge in [-0.15, -0.1) is 0 Å². The van der Waals surface area contributed by atoms with E-state index in [4.69, 9.17) is 11.6 Å². The molecule has 1 aromatic heterocycles. The maximum Gasteiger partial charge on any atom is 0.117 e. The highest BCUT2D eigenvalue weighted by atomic mass is 35.5. The molecule has 0 aliphatic rings.